The molecule has 0 heterocycles. The number of esters is 1. The number of benzene rings is 1. The fourth-order valence-electron chi connectivity index (χ4n) is 1.23. The van der Waals surface area contributed by atoms with Gasteiger partial charge in [0.1, 0.15) is 16.9 Å². The number of nitrogen functional groups attached to an aromatic ring is 1. The number of halogens is 1. The monoisotopic (exact) mass is 301 g/mol. The molecule has 0 fully saturated rings. The first-order valence-electron chi connectivity index (χ1n) is 5.11. The van der Waals surface area contributed by atoms with Crippen molar-refractivity contribution in [1.29, 1.82) is 0 Å². The second-order valence-electron chi connectivity index (χ2n) is 4.58. The van der Waals surface area contributed by atoms with Crippen molar-refractivity contribution >= 4 is 27.6 Å². The van der Waals surface area contributed by atoms with Crippen molar-refractivity contribution in [3.8, 4) is 5.75 Å². The number of hydrogen-bond acceptors (Lipinski definition) is 4. The number of nitrogens with two attached hydrogens (primary N) is 1. The summed E-state index contributed by atoms with van der Waals surface area (Å²) in [6.07, 6.45) is 0. The Morgan fingerprint density at radius 2 is 1.94 bits per heavy atom. The molecule has 0 amide bonds. The molecule has 0 spiro atoms. The van der Waals surface area contributed by atoms with E-state index < -0.39 is 11.6 Å². The predicted molar refractivity (Wildman–Crippen MR) is 70.3 cm³/mol. The summed E-state index contributed by atoms with van der Waals surface area (Å²) in [6.45, 7) is 5.43. The maximum absolute atomic E-state index is 11.9. The number of ether oxygens (including phenoxy) is 2. The van der Waals surface area contributed by atoms with Crippen LogP contribution < -0.4 is 10.5 Å². The van der Waals surface area contributed by atoms with Crippen LogP contribution in [0.1, 0.15) is 31.1 Å². The van der Waals surface area contributed by atoms with E-state index in [0.29, 0.717) is 21.5 Å². The van der Waals surface area contributed by atoms with E-state index in [2.05, 4.69) is 15.9 Å². The highest BCUT2D eigenvalue weighted by Crippen LogP contribution is 2.30. The first kappa shape index (κ1) is 13.8. The van der Waals surface area contributed by atoms with Gasteiger partial charge in [-0.2, -0.15) is 0 Å². The summed E-state index contributed by atoms with van der Waals surface area (Å²) in [5, 5.41) is 0. The summed E-state index contributed by atoms with van der Waals surface area (Å²) in [4.78, 5) is 11.9. The number of anilines is 1. The van der Waals surface area contributed by atoms with Gasteiger partial charge in [-0.15, -0.1) is 0 Å². The number of carbonyl (C=O) groups excluding carboxylic acids is 1. The fourth-order valence-corrected chi connectivity index (χ4v) is 1.57. The molecule has 0 bridgehead atoms. The summed E-state index contributed by atoms with van der Waals surface area (Å²) >= 11 is 3.27. The molecule has 0 aliphatic rings. The van der Waals surface area contributed by atoms with Crippen LogP contribution in [-0.4, -0.2) is 18.7 Å². The highest BCUT2D eigenvalue weighted by molar-refractivity contribution is 9.10. The molecular formula is C12H16BrNO3. The van der Waals surface area contributed by atoms with Gasteiger partial charge in [0, 0.05) is 16.2 Å². The topological polar surface area (TPSA) is 61.5 Å². The first-order valence-corrected chi connectivity index (χ1v) is 5.90. The molecule has 0 aliphatic carbocycles. The van der Waals surface area contributed by atoms with Gasteiger partial charge < -0.3 is 15.2 Å². The molecule has 4 nitrogen and oxygen atoms in total. The average Bonchev–Trinajstić information content (AvgIpc) is 2.18. The van der Waals surface area contributed by atoms with Crippen molar-refractivity contribution in [2.24, 2.45) is 0 Å². The van der Waals surface area contributed by atoms with Crippen LogP contribution in [-0.2, 0) is 4.74 Å². The molecule has 0 saturated heterocycles. The zero-order valence-corrected chi connectivity index (χ0v) is 11.9. The summed E-state index contributed by atoms with van der Waals surface area (Å²) in [5.41, 5.74) is 6.03. The molecule has 0 aliphatic heterocycles. The number of hydrogen-bond donors (Lipinski definition) is 1. The van der Waals surface area contributed by atoms with E-state index >= 15 is 0 Å². The SMILES string of the molecule is COc1cc(N)c(Br)cc1C(=O)OC(C)(C)C. The second kappa shape index (κ2) is 4.96. The van der Waals surface area contributed by atoms with Gasteiger partial charge in [0.2, 0.25) is 0 Å². The van der Waals surface area contributed by atoms with Gasteiger partial charge in [-0.05, 0) is 42.8 Å². The third-order valence-corrected chi connectivity index (χ3v) is 2.62. The number of rotatable bonds is 2. The summed E-state index contributed by atoms with van der Waals surface area (Å²) < 4.78 is 11.0. The maximum Gasteiger partial charge on any atom is 0.342 e. The van der Waals surface area contributed by atoms with E-state index in [0.717, 1.165) is 0 Å². The van der Waals surface area contributed by atoms with Crippen LogP contribution in [0, 0.1) is 0 Å². The van der Waals surface area contributed by atoms with Crippen LogP contribution in [0.15, 0.2) is 16.6 Å². The van der Waals surface area contributed by atoms with Gasteiger partial charge in [0.05, 0.1) is 7.11 Å². The van der Waals surface area contributed by atoms with Gasteiger partial charge in [-0.25, -0.2) is 4.79 Å². The molecule has 1 aromatic carbocycles. The van der Waals surface area contributed by atoms with Gasteiger partial charge in [0.15, 0.2) is 0 Å². The van der Waals surface area contributed by atoms with Crippen LogP contribution in [0.25, 0.3) is 0 Å². The lowest BCUT2D eigenvalue weighted by atomic mass is 10.1. The minimum Gasteiger partial charge on any atom is -0.496 e. The molecule has 94 valence electrons. The van der Waals surface area contributed by atoms with Crippen molar-refractivity contribution < 1.29 is 14.3 Å². The molecular weight excluding hydrogens is 286 g/mol. The fraction of sp³-hybridized carbons (Fsp3) is 0.417. The predicted octanol–water partition coefficient (Wildman–Crippen LogP) is 3.00. The molecule has 0 unspecified atom stereocenters. The zero-order valence-electron chi connectivity index (χ0n) is 10.3. The minimum absolute atomic E-state index is 0.350. The Kier molecular flexibility index (Phi) is 4.03. The van der Waals surface area contributed by atoms with E-state index in [-0.39, 0.29) is 0 Å². The molecule has 1 aromatic rings. The molecule has 0 radical (unpaired) electrons. The summed E-state index contributed by atoms with van der Waals surface area (Å²) in [6, 6.07) is 3.19. The Bertz CT molecular complexity index is 438. The summed E-state index contributed by atoms with van der Waals surface area (Å²) in [5.74, 6) is -0.0324. The highest BCUT2D eigenvalue weighted by Gasteiger charge is 2.21. The Hall–Kier alpha value is -1.23. The Morgan fingerprint density at radius 3 is 2.41 bits per heavy atom. The van der Waals surface area contributed by atoms with E-state index in [1.165, 1.54) is 7.11 Å². The third kappa shape index (κ3) is 3.63. The van der Waals surface area contributed by atoms with Crippen LogP contribution >= 0.6 is 15.9 Å². The largest absolute Gasteiger partial charge is 0.496 e. The van der Waals surface area contributed by atoms with Gasteiger partial charge in [0.25, 0.3) is 0 Å². The molecule has 0 aromatic heterocycles. The smallest absolute Gasteiger partial charge is 0.342 e. The van der Waals surface area contributed by atoms with Crippen LogP contribution in [0.4, 0.5) is 5.69 Å². The van der Waals surface area contributed by atoms with Gasteiger partial charge >= 0.3 is 5.97 Å². The second-order valence-corrected chi connectivity index (χ2v) is 5.43. The number of methoxy groups -OCH3 is 1. The van der Waals surface area contributed by atoms with Crippen LogP contribution in [0.2, 0.25) is 0 Å². The molecule has 0 atom stereocenters. The van der Waals surface area contributed by atoms with Crippen molar-refractivity contribution in [2.45, 2.75) is 26.4 Å². The van der Waals surface area contributed by atoms with Crippen molar-refractivity contribution in [3.63, 3.8) is 0 Å². The molecule has 17 heavy (non-hydrogen) atoms. The lowest BCUT2D eigenvalue weighted by Crippen LogP contribution is -2.24. The van der Waals surface area contributed by atoms with Crippen molar-refractivity contribution in [1.82, 2.24) is 0 Å². The zero-order chi connectivity index (χ0) is 13.2. The highest BCUT2D eigenvalue weighted by atomic mass is 79.9. The van der Waals surface area contributed by atoms with E-state index in [1.807, 2.05) is 20.8 Å². The molecule has 2 N–H and O–H groups in total. The third-order valence-electron chi connectivity index (χ3n) is 1.94. The molecule has 0 saturated carbocycles. The standard InChI is InChI=1S/C12H16BrNO3/c1-12(2,3)17-11(15)7-5-8(13)9(14)6-10(7)16-4/h5-6H,14H2,1-4H3. The lowest BCUT2D eigenvalue weighted by molar-refractivity contribution is 0.00665. The van der Waals surface area contributed by atoms with Gasteiger partial charge in [-0.3, -0.25) is 0 Å². The Morgan fingerprint density at radius 1 is 1.35 bits per heavy atom. The first-order chi connectivity index (χ1) is 7.74. The van der Waals surface area contributed by atoms with Crippen LogP contribution in [0.3, 0.4) is 0 Å². The van der Waals surface area contributed by atoms with Gasteiger partial charge in [-0.1, -0.05) is 0 Å². The molecule has 5 heteroatoms. The number of carbonyl (C=O) groups is 1. The van der Waals surface area contributed by atoms with E-state index in [9.17, 15) is 4.79 Å². The normalized spacial score (nSPS) is 11.1. The van der Waals surface area contributed by atoms with E-state index in [4.69, 9.17) is 15.2 Å². The quantitative estimate of drug-likeness (QED) is 0.674. The maximum atomic E-state index is 11.9. The molecule has 1 rings (SSSR count). The van der Waals surface area contributed by atoms with Crippen molar-refractivity contribution in [2.75, 3.05) is 12.8 Å². The summed E-state index contributed by atoms with van der Waals surface area (Å²) in [7, 11) is 1.48. The minimum atomic E-state index is -0.546. The lowest BCUT2D eigenvalue weighted by Gasteiger charge is -2.20. The van der Waals surface area contributed by atoms with Crippen LogP contribution in [0.5, 0.6) is 5.75 Å². The average molecular weight is 302 g/mol. The Labute approximate surface area is 109 Å². The Balaban J connectivity index is 3.12. The van der Waals surface area contributed by atoms with Crippen molar-refractivity contribution in [3.05, 3.63) is 22.2 Å². The van der Waals surface area contributed by atoms with E-state index in [1.54, 1.807) is 12.1 Å².